The molecular formula is C24H27N3O3S. The van der Waals surface area contributed by atoms with Gasteiger partial charge in [-0.15, -0.1) is 11.3 Å². The number of carbonyl (C=O) groups is 1. The molecule has 31 heavy (non-hydrogen) atoms. The molecule has 6 nitrogen and oxygen atoms in total. The summed E-state index contributed by atoms with van der Waals surface area (Å²) in [6.07, 6.45) is 3.04. The summed E-state index contributed by atoms with van der Waals surface area (Å²) in [4.78, 5) is 21.7. The van der Waals surface area contributed by atoms with Crippen molar-refractivity contribution in [3.05, 3.63) is 53.0 Å². The first kappa shape index (κ1) is 20.3. The molecule has 1 saturated heterocycles. The first-order valence-electron chi connectivity index (χ1n) is 10.9. The van der Waals surface area contributed by atoms with Crippen LogP contribution in [-0.2, 0) is 11.3 Å². The fourth-order valence-electron chi connectivity index (χ4n) is 4.35. The molecule has 3 aromatic rings. The summed E-state index contributed by atoms with van der Waals surface area (Å²) in [7, 11) is 1.87. The van der Waals surface area contributed by atoms with Gasteiger partial charge < -0.3 is 14.4 Å². The molecule has 0 saturated carbocycles. The maximum atomic E-state index is 13.0. The molecule has 2 aliphatic heterocycles. The number of ether oxygens (including phenoxy) is 2. The van der Waals surface area contributed by atoms with Gasteiger partial charge in [0.2, 0.25) is 5.91 Å². The van der Waals surface area contributed by atoms with Crippen LogP contribution in [0.3, 0.4) is 0 Å². The second-order valence-electron chi connectivity index (χ2n) is 8.21. The fraction of sp³-hybridized carbons (Fsp3) is 0.417. The highest BCUT2D eigenvalue weighted by atomic mass is 32.1. The molecule has 2 aliphatic rings. The number of likely N-dealkylation sites (N-methyl/N-ethyl adjacent to an activating group) is 1. The Balaban J connectivity index is 1.25. The second-order valence-corrected chi connectivity index (χ2v) is 9.33. The van der Waals surface area contributed by atoms with E-state index in [1.807, 2.05) is 31.3 Å². The van der Waals surface area contributed by atoms with Gasteiger partial charge in [0.05, 0.1) is 36.5 Å². The summed E-state index contributed by atoms with van der Waals surface area (Å²) < 4.78 is 12.8. The van der Waals surface area contributed by atoms with Crippen molar-refractivity contribution in [3.8, 4) is 11.5 Å². The van der Waals surface area contributed by atoms with Gasteiger partial charge in [0.15, 0.2) is 11.5 Å². The van der Waals surface area contributed by atoms with Gasteiger partial charge in [-0.3, -0.25) is 9.69 Å². The Morgan fingerprint density at radius 1 is 1.16 bits per heavy atom. The van der Waals surface area contributed by atoms with Crippen molar-refractivity contribution in [2.45, 2.75) is 31.8 Å². The zero-order chi connectivity index (χ0) is 21.2. The number of carbonyl (C=O) groups excluding carboxylic acids is 1. The van der Waals surface area contributed by atoms with Crippen molar-refractivity contribution in [2.24, 2.45) is 0 Å². The molecule has 7 heteroatoms. The molecule has 1 amide bonds. The Bertz CT molecular complexity index is 1050. The Kier molecular flexibility index (Phi) is 5.78. The molecule has 1 fully saturated rings. The van der Waals surface area contributed by atoms with Crippen LogP contribution in [0.5, 0.6) is 11.5 Å². The molecular weight excluding hydrogens is 410 g/mol. The lowest BCUT2D eigenvalue weighted by atomic mass is 10.0. The quantitative estimate of drug-likeness (QED) is 0.597. The van der Waals surface area contributed by atoms with Gasteiger partial charge in [0.1, 0.15) is 5.01 Å². The van der Waals surface area contributed by atoms with E-state index in [1.165, 1.54) is 5.56 Å². The van der Waals surface area contributed by atoms with Gasteiger partial charge in [0.25, 0.3) is 0 Å². The Morgan fingerprint density at radius 3 is 2.87 bits per heavy atom. The van der Waals surface area contributed by atoms with E-state index in [1.54, 1.807) is 16.2 Å². The maximum absolute atomic E-state index is 13.0. The van der Waals surface area contributed by atoms with Crippen LogP contribution >= 0.6 is 11.3 Å². The van der Waals surface area contributed by atoms with Gasteiger partial charge in [0, 0.05) is 19.5 Å². The molecule has 0 bridgehead atoms. The highest BCUT2D eigenvalue weighted by Crippen LogP contribution is 2.37. The van der Waals surface area contributed by atoms with E-state index >= 15 is 0 Å². The van der Waals surface area contributed by atoms with Crippen molar-refractivity contribution in [3.63, 3.8) is 0 Å². The first-order chi connectivity index (χ1) is 15.2. The zero-order valence-corrected chi connectivity index (χ0v) is 18.6. The Morgan fingerprint density at radius 2 is 2.00 bits per heavy atom. The smallest absolute Gasteiger partial charge is 0.236 e. The lowest BCUT2D eigenvalue weighted by molar-refractivity contribution is -0.131. The lowest BCUT2D eigenvalue weighted by Gasteiger charge is -2.27. The van der Waals surface area contributed by atoms with Crippen LogP contribution in [0.1, 0.15) is 35.9 Å². The lowest BCUT2D eigenvalue weighted by Crippen LogP contribution is -2.37. The van der Waals surface area contributed by atoms with Crippen molar-refractivity contribution in [1.29, 1.82) is 0 Å². The summed E-state index contributed by atoms with van der Waals surface area (Å²) in [5.74, 6) is 1.76. The molecule has 1 aromatic heterocycles. The van der Waals surface area contributed by atoms with Gasteiger partial charge in [-0.25, -0.2) is 4.98 Å². The number of aromatic nitrogens is 1. The number of amides is 1. The van der Waals surface area contributed by atoms with E-state index in [-0.39, 0.29) is 11.9 Å². The number of hydrogen-bond acceptors (Lipinski definition) is 6. The molecule has 0 aliphatic carbocycles. The maximum Gasteiger partial charge on any atom is 0.236 e. The molecule has 0 N–H and O–H groups in total. The number of nitrogens with zero attached hydrogens (tertiary/aromatic N) is 3. The average Bonchev–Trinajstić information content (AvgIpc) is 3.33. The minimum Gasteiger partial charge on any atom is -0.490 e. The molecule has 1 unspecified atom stereocenters. The Hall–Kier alpha value is -2.64. The highest BCUT2D eigenvalue weighted by molar-refractivity contribution is 7.18. The van der Waals surface area contributed by atoms with Crippen molar-refractivity contribution in [1.82, 2.24) is 14.8 Å². The standard InChI is InChI=1S/C24H27N3O3S/c1-26(15-23-25-18-6-2-3-8-22(18)31-23)24(28)16-27-11-4-7-19(27)17-9-10-20-21(14-17)30-13-5-12-29-20/h2-3,6,8-10,14,19H,4-5,7,11-13,15-16H2,1H3. The van der Waals surface area contributed by atoms with Crippen molar-refractivity contribution >= 4 is 27.5 Å². The van der Waals surface area contributed by atoms with Crippen molar-refractivity contribution < 1.29 is 14.3 Å². The molecule has 1 atom stereocenters. The van der Waals surface area contributed by atoms with Gasteiger partial charge in [-0.1, -0.05) is 18.2 Å². The second kappa shape index (κ2) is 8.85. The summed E-state index contributed by atoms with van der Waals surface area (Å²) in [5.41, 5.74) is 2.20. The summed E-state index contributed by atoms with van der Waals surface area (Å²) in [5, 5.41) is 0.970. The van der Waals surface area contributed by atoms with E-state index in [2.05, 4.69) is 28.1 Å². The topological polar surface area (TPSA) is 54.9 Å². The minimum absolute atomic E-state index is 0.125. The van der Waals surface area contributed by atoms with E-state index in [0.717, 1.165) is 52.5 Å². The monoisotopic (exact) mass is 437 g/mol. The zero-order valence-electron chi connectivity index (χ0n) is 17.8. The molecule has 2 aromatic carbocycles. The van der Waals surface area contributed by atoms with Crippen molar-refractivity contribution in [2.75, 3.05) is 33.4 Å². The largest absolute Gasteiger partial charge is 0.490 e. The molecule has 3 heterocycles. The predicted octanol–water partition coefficient (Wildman–Crippen LogP) is 4.25. The summed E-state index contributed by atoms with van der Waals surface area (Å²) in [6.45, 7) is 3.26. The number of likely N-dealkylation sites (tertiary alicyclic amines) is 1. The third-order valence-electron chi connectivity index (χ3n) is 5.99. The number of rotatable bonds is 5. The average molecular weight is 438 g/mol. The van der Waals surface area contributed by atoms with Gasteiger partial charge in [-0.2, -0.15) is 0 Å². The Labute approximate surface area is 186 Å². The highest BCUT2D eigenvalue weighted by Gasteiger charge is 2.29. The van der Waals surface area contributed by atoms with E-state index in [0.29, 0.717) is 26.3 Å². The number of benzene rings is 2. The number of thiazole rings is 1. The van der Waals surface area contributed by atoms with Crippen LogP contribution in [0.25, 0.3) is 10.2 Å². The molecule has 0 radical (unpaired) electrons. The first-order valence-corrected chi connectivity index (χ1v) is 11.7. The van der Waals surface area contributed by atoms with E-state index < -0.39 is 0 Å². The predicted molar refractivity (Wildman–Crippen MR) is 122 cm³/mol. The van der Waals surface area contributed by atoms with E-state index in [4.69, 9.17) is 9.47 Å². The van der Waals surface area contributed by atoms with Gasteiger partial charge >= 0.3 is 0 Å². The van der Waals surface area contributed by atoms with Crippen LogP contribution in [0.2, 0.25) is 0 Å². The SMILES string of the molecule is CN(Cc1nc2ccccc2s1)C(=O)CN1CCCC1c1ccc2c(c1)OCCCO2. The molecule has 162 valence electrons. The van der Waals surface area contributed by atoms with Crippen LogP contribution < -0.4 is 9.47 Å². The molecule has 0 spiro atoms. The molecule has 5 rings (SSSR count). The third-order valence-corrected chi connectivity index (χ3v) is 7.02. The fourth-order valence-corrected chi connectivity index (χ4v) is 5.37. The normalized spacial score (nSPS) is 18.8. The number of hydrogen-bond donors (Lipinski definition) is 0. The van der Waals surface area contributed by atoms with E-state index in [9.17, 15) is 4.79 Å². The van der Waals surface area contributed by atoms with Crippen LogP contribution in [0, 0.1) is 0 Å². The summed E-state index contributed by atoms with van der Waals surface area (Å²) >= 11 is 1.65. The number of fused-ring (bicyclic) bond motifs is 2. The summed E-state index contributed by atoms with van der Waals surface area (Å²) in [6, 6.07) is 14.6. The van der Waals surface area contributed by atoms with Crippen LogP contribution in [0.4, 0.5) is 0 Å². The minimum atomic E-state index is 0.125. The van der Waals surface area contributed by atoms with Crippen LogP contribution in [-0.4, -0.2) is 54.0 Å². The number of para-hydroxylation sites is 1. The van der Waals surface area contributed by atoms with Gasteiger partial charge in [-0.05, 0) is 49.2 Å². The third kappa shape index (κ3) is 4.38. The van der Waals surface area contributed by atoms with Crippen LogP contribution in [0.15, 0.2) is 42.5 Å².